The summed E-state index contributed by atoms with van der Waals surface area (Å²) in [6, 6.07) is 0.874. The summed E-state index contributed by atoms with van der Waals surface area (Å²) in [6.07, 6.45) is 8.87. The molecule has 1 nitrogen and oxygen atoms in total. The van der Waals surface area contributed by atoms with Crippen LogP contribution in [0.4, 0.5) is 0 Å². The molecule has 0 radical (unpaired) electrons. The lowest BCUT2D eigenvalue weighted by molar-refractivity contribution is 0.446. The zero-order valence-corrected chi connectivity index (χ0v) is 8.98. The maximum Gasteiger partial charge on any atom is 0.00882 e. The van der Waals surface area contributed by atoms with E-state index in [4.69, 9.17) is 0 Å². The molecule has 74 valence electrons. The van der Waals surface area contributed by atoms with Crippen molar-refractivity contribution >= 4 is 11.8 Å². The van der Waals surface area contributed by atoms with Gasteiger partial charge in [-0.05, 0) is 51.0 Å². The smallest absolute Gasteiger partial charge is 0.00882 e. The third-order valence-corrected chi connectivity index (χ3v) is 5.31. The zero-order valence-electron chi connectivity index (χ0n) is 8.17. The second kappa shape index (κ2) is 3.47. The van der Waals surface area contributed by atoms with E-state index in [1.165, 1.54) is 45.1 Å². The molecule has 1 aliphatic carbocycles. The minimum Gasteiger partial charge on any atom is -0.314 e. The maximum atomic E-state index is 3.77. The Kier molecular flexibility index (Phi) is 2.30. The first-order valence-electron chi connectivity index (χ1n) is 5.79. The van der Waals surface area contributed by atoms with Crippen LogP contribution in [0.15, 0.2) is 0 Å². The second-order valence-electron chi connectivity index (χ2n) is 4.98. The van der Waals surface area contributed by atoms with Crippen LogP contribution in [0.2, 0.25) is 0 Å². The van der Waals surface area contributed by atoms with Crippen molar-refractivity contribution < 1.29 is 0 Å². The van der Waals surface area contributed by atoms with Gasteiger partial charge in [-0.3, -0.25) is 0 Å². The first-order valence-corrected chi connectivity index (χ1v) is 6.73. The van der Waals surface area contributed by atoms with Gasteiger partial charge in [-0.15, -0.1) is 0 Å². The van der Waals surface area contributed by atoms with Crippen LogP contribution in [0.1, 0.15) is 38.5 Å². The van der Waals surface area contributed by atoms with Crippen LogP contribution >= 0.6 is 11.8 Å². The maximum absolute atomic E-state index is 3.77. The fraction of sp³-hybridized carbons (Fsp3) is 1.00. The molecule has 3 fully saturated rings. The monoisotopic (exact) mass is 197 g/mol. The minimum atomic E-state index is 0.874. The fourth-order valence-corrected chi connectivity index (χ4v) is 4.46. The number of thioether (sulfide) groups is 1. The Hall–Kier alpha value is 0.310. The Bertz CT molecular complexity index is 179. The third kappa shape index (κ3) is 2.04. The van der Waals surface area contributed by atoms with Crippen molar-refractivity contribution in [2.24, 2.45) is 5.92 Å². The lowest BCUT2D eigenvalue weighted by Gasteiger charge is -2.28. The van der Waals surface area contributed by atoms with Gasteiger partial charge in [0.1, 0.15) is 0 Å². The molecule has 1 saturated carbocycles. The minimum absolute atomic E-state index is 0.874. The van der Waals surface area contributed by atoms with Crippen LogP contribution in [0.25, 0.3) is 0 Å². The quantitative estimate of drug-likeness (QED) is 0.745. The van der Waals surface area contributed by atoms with E-state index >= 15 is 0 Å². The van der Waals surface area contributed by atoms with Crippen molar-refractivity contribution in [1.82, 2.24) is 5.32 Å². The molecule has 2 heterocycles. The molecule has 2 unspecified atom stereocenters. The summed E-state index contributed by atoms with van der Waals surface area (Å²) in [5.41, 5.74) is 0. The van der Waals surface area contributed by atoms with Crippen LogP contribution in [0.5, 0.6) is 0 Å². The predicted octanol–water partition coefficient (Wildman–Crippen LogP) is 2.41. The molecule has 2 saturated heterocycles. The van der Waals surface area contributed by atoms with E-state index in [0.29, 0.717) is 0 Å². The van der Waals surface area contributed by atoms with Gasteiger partial charge in [0.25, 0.3) is 0 Å². The Morgan fingerprint density at radius 1 is 1.00 bits per heavy atom. The molecule has 2 bridgehead atoms. The van der Waals surface area contributed by atoms with E-state index in [9.17, 15) is 0 Å². The van der Waals surface area contributed by atoms with E-state index in [1.807, 2.05) is 0 Å². The molecule has 0 aromatic heterocycles. The summed E-state index contributed by atoms with van der Waals surface area (Å²) in [7, 11) is 0. The molecular formula is C11H19NS. The number of rotatable bonds is 3. The molecule has 2 aliphatic heterocycles. The van der Waals surface area contributed by atoms with Gasteiger partial charge in [0.2, 0.25) is 0 Å². The largest absolute Gasteiger partial charge is 0.314 e. The number of fused-ring (bicyclic) bond motifs is 2. The van der Waals surface area contributed by atoms with Crippen molar-refractivity contribution in [2.45, 2.75) is 55.1 Å². The molecule has 0 amide bonds. The standard InChI is InChI=1S/C11H19NS/c1-2-8(1)7-12-9-5-10-3-4-11(6-9)13-10/h8-12H,1-7H2. The highest BCUT2D eigenvalue weighted by atomic mass is 32.2. The molecule has 0 aromatic rings. The summed E-state index contributed by atoms with van der Waals surface area (Å²) in [5, 5.41) is 5.79. The van der Waals surface area contributed by atoms with Gasteiger partial charge in [-0.25, -0.2) is 0 Å². The van der Waals surface area contributed by atoms with E-state index in [1.54, 1.807) is 0 Å². The van der Waals surface area contributed by atoms with Crippen LogP contribution < -0.4 is 5.32 Å². The van der Waals surface area contributed by atoms with E-state index in [2.05, 4.69) is 17.1 Å². The molecule has 3 rings (SSSR count). The molecule has 3 aliphatic rings. The Morgan fingerprint density at radius 3 is 2.31 bits per heavy atom. The van der Waals surface area contributed by atoms with Gasteiger partial charge < -0.3 is 5.32 Å². The van der Waals surface area contributed by atoms with Crippen LogP contribution in [-0.2, 0) is 0 Å². The average Bonchev–Trinajstić information content (AvgIpc) is 2.90. The first-order chi connectivity index (χ1) is 6.40. The Balaban J connectivity index is 1.48. The van der Waals surface area contributed by atoms with Crippen molar-refractivity contribution in [3.05, 3.63) is 0 Å². The number of nitrogens with one attached hydrogen (secondary N) is 1. The number of hydrogen-bond acceptors (Lipinski definition) is 2. The molecule has 0 aromatic carbocycles. The summed E-state index contributed by atoms with van der Waals surface area (Å²) < 4.78 is 0. The van der Waals surface area contributed by atoms with Crippen molar-refractivity contribution in [2.75, 3.05) is 6.54 Å². The first kappa shape index (κ1) is 8.60. The van der Waals surface area contributed by atoms with Crippen molar-refractivity contribution in [3.8, 4) is 0 Å². The molecule has 13 heavy (non-hydrogen) atoms. The van der Waals surface area contributed by atoms with Gasteiger partial charge >= 0.3 is 0 Å². The van der Waals surface area contributed by atoms with Gasteiger partial charge in [0.15, 0.2) is 0 Å². The van der Waals surface area contributed by atoms with E-state index < -0.39 is 0 Å². The molecule has 2 atom stereocenters. The van der Waals surface area contributed by atoms with Crippen LogP contribution in [-0.4, -0.2) is 23.1 Å². The summed E-state index contributed by atoms with van der Waals surface area (Å²) >= 11 is 2.27. The fourth-order valence-electron chi connectivity index (χ4n) is 2.68. The highest BCUT2D eigenvalue weighted by Gasteiger charge is 2.35. The Labute approximate surface area is 85.0 Å². The summed E-state index contributed by atoms with van der Waals surface area (Å²) in [4.78, 5) is 0. The van der Waals surface area contributed by atoms with E-state index in [0.717, 1.165) is 22.5 Å². The SMILES string of the molecule is C1CC1CNC1CC2CCC(C1)S2. The zero-order chi connectivity index (χ0) is 8.67. The van der Waals surface area contributed by atoms with Crippen LogP contribution in [0.3, 0.4) is 0 Å². The lowest BCUT2D eigenvalue weighted by atomic mass is 10.1. The van der Waals surface area contributed by atoms with Gasteiger partial charge in [-0.1, -0.05) is 0 Å². The van der Waals surface area contributed by atoms with Gasteiger partial charge in [0.05, 0.1) is 0 Å². The Morgan fingerprint density at radius 2 is 1.69 bits per heavy atom. The predicted molar refractivity (Wildman–Crippen MR) is 58.1 cm³/mol. The van der Waals surface area contributed by atoms with Crippen LogP contribution in [0, 0.1) is 5.92 Å². The lowest BCUT2D eigenvalue weighted by Crippen LogP contribution is -2.36. The topological polar surface area (TPSA) is 12.0 Å². The van der Waals surface area contributed by atoms with Crippen molar-refractivity contribution in [1.29, 1.82) is 0 Å². The highest BCUT2D eigenvalue weighted by Crippen LogP contribution is 2.43. The summed E-state index contributed by atoms with van der Waals surface area (Å²) in [6.45, 7) is 1.31. The van der Waals surface area contributed by atoms with E-state index in [-0.39, 0.29) is 0 Å². The molecular weight excluding hydrogens is 178 g/mol. The molecule has 2 heteroatoms. The number of hydrogen-bond donors (Lipinski definition) is 1. The molecule has 1 N–H and O–H groups in total. The second-order valence-corrected chi connectivity index (χ2v) is 6.58. The average molecular weight is 197 g/mol. The third-order valence-electron chi connectivity index (χ3n) is 3.68. The molecule has 0 spiro atoms. The van der Waals surface area contributed by atoms with Gasteiger partial charge in [0, 0.05) is 16.5 Å². The highest BCUT2D eigenvalue weighted by molar-refractivity contribution is 8.00. The van der Waals surface area contributed by atoms with Crippen molar-refractivity contribution in [3.63, 3.8) is 0 Å². The summed E-state index contributed by atoms with van der Waals surface area (Å²) in [5.74, 6) is 1.05. The normalized spacial score (nSPS) is 43.8. The van der Waals surface area contributed by atoms with Gasteiger partial charge in [-0.2, -0.15) is 11.8 Å².